The van der Waals surface area contributed by atoms with Crippen molar-refractivity contribution in [3.8, 4) is 35.2 Å². The predicted octanol–water partition coefficient (Wildman–Crippen LogP) is 9.46. The highest BCUT2D eigenvalue weighted by atomic mass is 32.2. The second-order valence-electron chi connectivity index (χ2n) is 11.6. The van der Waals surface area contributed by atoms with E-state index in [9.17, 15) is 12.8 Å². The van der Waals surface area contributed by atoms with Crippen molar-refractivity contribution in [2.75, 3.05) is 26.5 Å². The minimum absolute atomic E-state index is 0. The van der Waals surface area contributed by atoms with Crippen LogP contribution in [0.15, 0.2) is 139 Å². The fraction of sp³-hybridized carbons (Fsp3) is 0.136. The number of alkyl halides is 1. The van der Waals surface area contributed by atoms with Crippen molar-refractivity contribution in [2.45, 2.75) is 19.2 Å². The lowest BCUT2D eigenvalue weighted by molar-refractivity contribution is 0.221. The minimum atomic E-state index is -3.78. The number of fused-ring (bicyclic) bond motifs is 2. The molecular weight excluding hydrogens is 687 g/mol. The summed E-state index contributed by atoms with van der Waals surface area (Å²) in [6.07, 6.45) is 3.82. The second kappa shape index (κ2) is 18.3. The van der Waals surface area contributed by atoms with Crippen LogP contribution >= 0.6 is 0 Å². The first-order valence-electron chi connectivity index (χ1n) is 16.5. The highest BCUT2D eigenvalue weighted by Gasteiger charge is 2.14. The van der Waals surface area contributed by atoms with Gasteiger partial charge in [0.15, 0.2) is 0 Å². The molecule has 7 rings (SSSR count). The van der Waals surface area contributed by atoms with Gasteiger partial charge in [-0.25, -0.2) is 4.39 Å². The fourth-order valence-electron chi connectivity index (χ4n) is 5.04. The van der Waals surface area contributed by atoms with Crippen molar-refractivity contribution < 1.29 is 27.9 Å². The van der Waals surface area contributed by atoms with Gasteiger partial charge < -0.3 is 19.4 Å². The van der Waals surface area contributed by atoms with Gasteiger partial charge >= 0.3 is 0 Å². The van der Waals surface area contributed by atoms with Gasteiger partial charge in [-0.2, -0.15) is 8.42 Å². The Balaban J connectivity index is 0.000000248. The van der Waals surface area contributed by atoms with E-state index in [1.165, 1.54) is 17.5 Å². The Bertz CT molecular complexity index is 2490. The molecule has 0 saturated carbocycles. The standard InChI is InChI=1S/C25H21NO4S.C18H14FNO.CH4.H2/c1-19-2-12-24(13-3-19)31(27,28)30-17-16-29-23-10-7-20(8-11-23)4-5-21-6-9-22-14-15-26-25(22)18-21;19-10-12-21-17-7-4-14(5-8-17)1-2-15-3-6-16-9-11-20-18(16)13-15;;/h2-3,6-15,18,26H,16-17H2,1H3;3-9,11,13,20H,10,12H2;1H4;1H/i;19-1;;1+1. The second-order valence-corrected chi connectivity index (χ2v) is 13.2. The summed E-state index contributed by atoms with van der Waals surface area (Å²) in [5.41, 5.74) is 6.77. The SMILES string of the molecule is C.Cc1ccc(S(=O)(=O)OCCOc2ccc(C#Cc3ccc4cc[nH]c4c3)cc2)cc1.[18F]CCOc1ccc(C#Cc2ccc3cc[nH]c3c2)cc1.[2HH]. The Hall–Kier alpha value is -6.26. The van der Waals surface area contributed by atoms with Crippen molar-refractivity contribution in [3.05, 3.63) is 162 Å². The molecular formula is C44H41FN2O5S. The van der Waals surface area contributed by atoms with E-state index in [-0.39, 0.29) is 33.6 Å². The van der Waals surface area contributed by atoms with Crippen LogP contribution in [0.2, 0.25) is 0 Å². The Morgan fingerprint density at radius 1 is 0.585 bits per heavy atom. The van der Waals surface area contributed by atoms with Crippen LogP contribution in [-0.4, -0.2) is 44.9 Å². The largest absolute Gasteiger partial charge is 0.491 e. The Morgan fingerprint density at radius 3 is 1.53 bits per heavy atom. The maximum Gasteiger partial charge on any atom is 0.297 e. The molecule has 0 fully saturated rings. The Kier molecular flexibility index (Phi) is 13.1. The Morgan fingerprint density at radius 2 is 1.04 bits per heavy atom. The van der Waals surface area contributed by atoms with Gasteiger partial charge in [-0.1, -0.05) is 60.9 Å². The molecule has 0 saturated heterocycles. The molecule has 2 N–H and O–H groups in total. The van der Waals surface area contributed by atoms with Gasteiger partial charge in [0.2, 0.25) is 0 Å². The summed E-state index contributed by atoms with van der Waals surface area (Å²) in [6, 6.07) is 37.3. The summed E-state index contributed by atoms with van der Waals surface area (Å²) in [5, 5.41) is 2.33. The van der Waals surface area contributed by atoms with E-state index in [1.807, 2.05) is 92.1 Å². The molecule has 0 aliphatic heterocycles. The van der Waals surface area contributed by atoms with E-state index >= 15 is 0 Å². The first kappa shape index (κ1) is 38.0. The topological polar surface area (TPSA) is 93.4 Å². The monoisotopic (exact) mass is 728 g/mol. The van der Waals surface area contributed by atoms with Crippen LogP contribution in [0.5, 0.6) is 11.5 Å². The van der Waals surface area contributed by atoms with Crippen molar-refractivity contribution in [1.29, 1.82) is 0 Å². The molecule has 5 aromatic carbocycles. The van der Waals surface area contributed by atoms with Crippen LogP contribution < -0.4 is 9.47 Å². The summed E-state index contributed by atoms with van der Waals surface area (Å²) in [7, 11) is -3.78. The summed E-state index contributed by atoms with van der Waals surface area (Å²) >= 11 is 0. The zero-order valence-corrected chi connectivity index (χ0v) is 29.2. The van der Waals surface area contributed by atoms with Crippen LogP contribution in [0.3, 0.4) is 0 Å². The number of aryl methyl sites for hydroxylation is 1. The van der Waals surface area contributed by atoms with E-state index < -0.39 is 16.8 Å². The maximum absolute atomic E-state index is 12.2. The maximum atomic E-state index is 12.2. The molecule has 0 unspecified atom stereocenters. The van der Waals surface area contributed by atoms with Gasteiger partial charge in [-0.05, 0) is 115 Å². The molecule has 0 aliphatic carbocycles. The summed E-state index contributed by atoms with van der Waals surface area (Å²) in [5.74, 6) is 13.8. The first-order valence-corrected chi connectivity index (χ1v) is 17.9. The van der Waals surface area contributed by atoms with E-state index in [1.54, 1.807) is 36.4 Å². The number of H-pyrrole nitrogens is 2. The van der Waals surface area contributed by atoms with E-state index in [2.05, 4.69) is 33.6 Å². The molecule has 0 bridgehead atoms. The molecule has 0 aliphatic rings. The third-order valence-corrected chi connectivity index (χ3v) is 9.09. The van der Waals surface area contributed by atoms with Crippen LogP contribution in [0, 0.1) is 30.6 Å². The molecule has 270 valence electrons. The van der Waals surface area contributed by atoms with Crippen molar-refractivity contribution in [2.24, 2.45) is 0 Å². The van der Waals surface area contributed by atoms with Crippen LogP contribution in [-0.2, 0) is 14.3 Å². The van der Waals surface area contributed by atoms with Crippen LogP contribution in [0.25, 0.3) is 21.8 Å². The molecule has 53 heavy (non-hydrogen) atoms. The average molecular weight is 729 g/mol. The molecule has 9 heteroatoms. The molecule has 0 amide bonds. The number of hydrogen-bond donors (Lipinski definition) is 2. The van der Waals surface area contributed by atoms with Gasteiger partial charge in [0.05, 0.1) is 4.90 Å². The number of benzene rings is 5. The molecule has 0 radical (unpaired) electrons. The highest BCUT2D eigenvalue weighted by Crippen LogP contribution is 2.17. The zero-order chi connectivity index (χ0) is 36.2. The molecule has 0 atom stereocenters. The van der Waals surface area contributed by atoms with E-state index in [0.29, 0.717) is 11.5 Å². The molecule has 0 spiro atoms. The average Bonchev–Trinajstić information content (AvgIpc) is 3.85. The van der Waals surface area contributed by atoms with Gasteiger partial charge in [0, 0.05) is 47.1 Å². The lowest BCUT2D eigenvalue weighted by atomic mass is 10.1. The number of rotatable bonds is 9. The van der Waals surface area contributed by atoms with Crippen molar-refractivity contribution >= 4 is 31.9 Å². The van der Waals surface area contributed by atoms with Gasteiger partial charge in [-0.3, -0.25) is 4.18 Å². The molecule has 2 heterocycles. The van der Waals surface area contributed by atoms with Crippen LogP contribution in [0.1, 0.15) is 36.7 Å². The summed E-state index contributed by atoms with van der Waals surface area (Å²) in [6.45, 7) is 1.54. The quantitative estimate of drug-likeness (QED) is 0.0878. The van der Waals surface area contributed by atoms with Gasteiger partial charge in [0.1, 0.15) is 38.0 Å². The third-order valence-electron chi connectivity index (χ3n) is 7.77. The number of halogens is 1. The van der Waals surface area contributed by atoms with Crippen molar-refractivity contribution in [3.63, 3.8) is 0 Å². The number of hydrogen-bond acceptors (Lipinski definition) is 5. The summed E-state index contributed by atoms with van der Waals surface area (Å²) in [4.78, 5) is 6.48. The number of ether oxygens (including phenoxy) is 2. The van der Waals surface area contributed by atoms with E-state index in [0.717, 1.165) is 44.2 Å². The fourth-order valence-corrected chi connectivity index (χ4v) is 5.93. The number of nitrogens with one attached hydrogen (secondary N) is 2. The minimum Gasteiger partial charge on any atom is -0.491 e. The molecule has 7 aromatic rings. The highest BCUT2D eigenvalue weighted by molar-refractivity contribution is 7.86. The van der Waals surface area contributed by atoms with Gasteiger partial charge in [-0.15, -0.1) is 0 Å². The smallest absolute Gasteiger partial charge is 0.297 e. The number of aromatic nitrogens is 2. The third kappa shape index (κ3) is 10.9. The van der Waals surface area contributed by atoms with Crippen LogP contribution in [0.4, 0.5) is 4.39 Å². The predicted molar refractivity (Wildman–Crippen MR) is 212 cm³/mol. The number of aromatic amines is 2. The van der Waals surface area contributed by atoms with Gasteiger partial charge in [0.25, 0.3) is 10.1 Å². The molecule has 7 nitrogen and oxygen atoms in total. The zero-order valence-electron chi connectivity index (χ0n) is 28.4. The summed E-state index contributed by atoms with van der Waals surface area (Å²) < 4.78 is 52.1. The lowest BCUT2D eigenvalue weighted by Gasteiger charge is -2.08. The normalized spacial score (nSPS) is 10.5. The lowest BCUT2D eigenvalue weighted by Crippen LogP contribution is -2.13. The molecule has 2 aromatic heterocycles. The Labute approximate surface area is 311 Å². The first-order chi connectivity index (χ1) is 25.3. The van der Waals surface area contributed by atoms with Crippen molar-refractivity contribution in [1.82, 2.24) is 9.97 Å². The van der Waals surface area contributed by atoms with E-state index in [4.69, 9.17) is 13.7 Å².